The van der Waals surface area contributed by atoms with E-state index in [1.807, 2.05) is 30.3 Å². The van der Waals surface area contributed by atoms with Crippen LogP contribution in [0, 0.1) is 5.92 Å². The number of piperidine rings is 1. The van der Waals surface area contributed by atoms with Crippen LogP contribution in [0.15, 0.2) is 30.3 Å². The standard InChI is InChI=1S/C17H25NO2/c1-5-17(11-14(3)18(4)12-13(17)2)20-16(19)15-9-7-6-8-10-15/h6-10,13-14H,5,11-12H2,1-4H3/t13-,14-,17+/m0/s1. The van der Waals surface area contributed by atoms with Gasteiger partial charge in [0.15, 0.2) is 0 Å². The topological polar surface area (TPSA) is 29.5 Å². The van der Waals surface area contributed by atoms with Crippen LogP contribution < -0.4 is 0 Å². The maximum atomic E-state index is 12.4. The molecule has 1 heterocycles. The lowest BCUT2D eigenvalue weighted by Gasteiger charge is -2.47. The van der Waals surface area contributed by atoms with Gasteiger partial charge in [0.05, 0.1) is 5.56 Å². The lowest BCUT2D eigenvalue weighted by atomic mass is 9.77. The molecular weight excluding hydrogens is 250 g/mol. The summed E-state index contributed by atoms with van der Waals surface area (Å²) in [6.45, 7) is 7.47. The number of ether oxygens (including phenoxy) is 1. The molecule has 0 aromatic heterocycles. The molecule has 110 valence electrons. The van der Waals surface area contributed by atoms with Crippen LogP contribution in [0.3, 0.4) is 0 Å². The summed E-state index contributed by atoms with van der Waals surface area (Å²) in [7, 11) is 2.14. The van der Waals surface area contributed by atoms with Crippen LogP contribution in [-0.4, -0.2) is 36.1 Å². The molecule has 3 atom stereocenters. The van der Waals surface area contributed by atoms with Crippen molar-refractivity contribution in [1.82, 2.24) is 4.90 Å². The highest BCUT2D eigenvalue weighted by molar-refractivity contribution is 5.89. The van der Waals surface area contributed by atoms with Gasteiger partial charge in [-0.1, -0.05) is 32.0 Å². The lowest BCUT2D eigenvalue weighted by Crippen LogP contribution is -2.55. The molecule has 1 aromatic carbocycles. The van der Waals surface area contributed by atoms with Crippen LogP contribution in [0.25, 0.3) is 0 Å². The van der Waals surface area contributed by atoms with Crippen molar-refractivity contribution in [3.05, 3.63) is 35.9 Å². The van der Waals surface area contributed by atoms with Gasteiger partial charge in [0.2, 0.25) is 0 Å². The number of hydrogen-bond acceptors (Lipinski definition) is 3. The Kier molecular flexibility index (Phi) is 4.48. The fraction of sp³-hybridized carbons (Fsp3) is 0.588. The average Bonchev–Trinajstić information content (AvgIpc) is 2.45. The summed E-state index contributed by atoms with van der Waals surface area (Å²) in [5.74, 6) is 0.150. The SMILES string of the molecule is CC[C@@]1(OC(=O)c2ccccc2)C[C@H](C)N(C)C[C@@H]1C. The summed E-state index contributed by atoms with van der Waals surface area (Å²) in [6.07, 6.45) is 1.77. The van der Waals surface area contributed by atoms with Gasteiger partial charge in [-0.2, -0.15) is 0 Å². The van der Waals surface area contributed by atoms with E-state index in [1.54, 1.807) is 0 Å². The Labute approximate surface area is 121 Å². The van der Waals surface area contributed by atoms with Crippen molar-refractivity contribution >= 4 is 5.97 Å². The van der Waals surface area contributed by atoms with Gasteiger partial charge in [-0.25, -0.2) is 4.79 Å². The van der Waals surface area contributed by atoms with Gasteiger partial charge in [-0.3, -0.25) is 0 Å². The maximum absolute atomic E-state index is 12.4. The smallest absolute Gasteiger partial charge is 0.338 e. The molecule has 1 aliphatic rings. The molecule has 3 nitrogen and oxygen atoms in total. The van der Waals surface area contributed by atoms with Gasteiger partial charge >= 0.3 is 5.97 Å². The minimum atomic E-state index is -0.334. The number of nitrogens with zero attached hydrogens (tertiary/aromatic N) is 1. The van der Waals surface area contributed by atoms with E-state index in [4.69, 9.17) is 4.74 Å². The number of benzene rings is 1. The fourth-order valence-electron chi connectivity index (χ4n) is 3.16. The van der Waals surface area contributed by atoms with Crippen molar-refractivity contribution in [3.8, 4) is 0 Å². The molecule has 0 amide bonds. The fourth-order valence-corrected chi connectivity index (χ4v) is 3.16. The van der Waals surface area contributed by atoms with E-state index >= 15 is 0 Å². The van der Waals surface area contributed by atoms with Crippen molar-refractivity contribution < 1.29 is 9.53 Å². The second kappa shape index (κ2) is 5.96. The van der Waals surface area contributed by atoms with E-state index in [0.29, 0.717) is 17.5 Å². The van der Waals surface area contributed by atoms with Crippen LogP contribution in [0.4, 0.5) is 0 Å². The molecule has 1 fully saturated rings. The second-order valence-electron chi connectivity index (χ2n) is 6.07. The maximum Gasteiger partial charge on any atom is 0.338 e. The van der Waals surface area contributed by atoms with Crippen LogP contribution in [-0.2, 0) is 4.74 Å². The van der Waals surface area contributed by atoms with E-state index in [9.17, 15) is 4.79 Å². The third kappa shape index (κ3) is 2.88. The zero-order valence-corrected chi connectivity index (χ0v) is 12.9. The summed E-state index contributed by atoms with van der Waals surface area (Å²) >= 11 is 0. The van der Waals surface area contributed by atoms with Gasteiger partial charge in [-0.05, 0) is 32.5 Å². The Morgan fingerprint density at radius 3 is 2.60 bits per heavy atom. The Hall–Kier alpha value is -1.35. The third-order valence-corrected chi connectivity index (χ3v) is 4.76. The summed E-state index contributed by atoms with van der Waals surface area (Å²) in [5, 5.41) is 0. The molecule has 1 aliphatic heterocycles. The number of likely N-dealkylation sites (tertiary alicyclic amines) is 1. The summed E-state index contributed by atoms with van der Waals surface area (Å²) < 4.78 is 5.98. The van der Waals surface area contributed by atoms with Crippen molar-refractivity contribution in [2.24, 2.45) is 5.92 Å². The van der Waals surface area contributed by atoms with E-state index in [0.717, 1.165) is 19.4 Å². The molecule has 0 radical (unpaired) electrons. The largest absolute Gasteiger partial charge is 0.455 e. The first-order valence-corrected chi connectivity index (χ1v) is 7.47. The highest BCUT2D eigenvalue weighted by atomic mass is 16.6. The predicted octanol–water partition coefficient (Wildman–Crippen LogP) is 3.35. The first kappa shape index (κ1) is 15.0. The van der Waals surface area contributed by atoms with Crippen LogP contribution in [0.1, 0.15) is 44.0 Å². The van der Waals surface area contributed by atoms with Gasteiger partial charge in [0.1, 0.15) is 5.60 Å². The Morgan fingerprint density at radius 2 is 2.00 bits per heavy atom. The van der Waals surface area contributed by atoms with E-state index < -0.39 is 0 Å². The second-order valence-corrected chi connectivity index (χ2v) is 6.07. The first-order valence-electron chi connectivity index (χ1n) is 7.47. The molecule has 1 saturated heterocycles. The molecule has 2 rings (SSSR count). The molecule has 0 unspecified atom stereocenters. The van der Waals surface area contributed by atoms with Gasteiger partial charge in [0, 0.05) is 24.9 Å². The number of carbonyl (C=O) groups is 1. The molecule has 0 N–H and O–H groups in total. The molecule has 20 heavy (non-hydrogen) atoms. The summed E-state index contributed by atoms with van der Waals surface area (Å²) in [6, 6.07) is 9.72. The first-order chi connectivity index (χ1) is 9.48. The quantitative estimate of drug-likeness (QED) is 0.792. The van der Waals surface area contributed by atoms with E-state index in [1.165, 1.54) is 0 Å². The normalized spacial score (nSPS) is 31.0. The molecule has 0 spiro atoms. The van der Waals surface area contributed by atoms with Gasteiger partial charge in [0.25, 0.3) is 0 Å². The zero-order valence-electron chi connectivity index (χ0n) is 12.9. The van der Waals surface area contributed by atoms with Crippen LogP contribution >= 0.6 is 0 Å². The highest BCUT2D eigenvalue weighted by Crippen LogP contribution is 2.37. The summed E-state index contributed by atoms with van der Waals surface area (Å²) in [4.78, 5) is 14.7. The van der Waals surface area contributed by atoms with Crippen LogP contribution in [0.2, 0.25) is 0 Å². The van der Waals surface area contributed by atoms with E-state index in [-0.39, 0.29) is 11.6 Å². The van der Waals surface area contributed by atoms with E-state index in [2.05, 4.69) is 32.7 Å². The third-order valence-electron chi connectivity index (χ3n) is 4.76. The van der Waals surface area contributed by atoms with Gasteiger partial charge in [-0.15, -0.1) is 0 Å². The average molecular weight is 275 g/mol. The van der Waals surface area contributed by atoms with Crippen molar-refractivity contribution in [1.29, 1.82) is 0 Å². The van der Waals surface area contributed by atoms with Gasteiger partial charge < -0.3 is 9.64 Å². The predicted molar refractivity (Wildman–Crippen MR) is 80.8 cm³/mol. The molecular formula is C17H25NO2. The number of rotatable bonds is 3. The van der Waals surface area contributed by atoms with Crippen molar-refractivity contribution in [3.63, 3.8) is 0 Å². The highest BCUT2D eigenvalue weighted by Gasteiger charge is 2.44. The monoisotopic (exact) mass is 275 g/mol. The van der Waals surface area contributed by atoms with Crippen LogP contribution in [0.5, 0.6) is 0 Å². The minimum absolute atomic E-state index is 0.198. The Balaban J connectivity index is 2.17. The molecule has 0 bridgehead atoms. The van der Waals surface area contributed by atoms with Crippen molar-refractivity contribution in [2.75, 3.05) is 13.6 Å². The minimum Gasteiger partial charge on any atom is -0.455 e. The number of esters is 1. The Morgan fingerprint density at radius 1 is 1.35 bits per heavy atom. The molecule has 1 aromatic rings. The molecule has 0 aliphatic carbocycles. The molecule has 3 heteroatoms. The molecule has 0 saturated carbocycles. The number of hydrogen-bond donors (Lipinski definition) is 0. The van der Waals surface area contributed by atoms with Crippen molar-refractivity contribution in [2.45, 2.75) is 45.3 Å². The zero-order chi connectivity index (χ0) is 14.8. The lowest BCUT2D eigenvalue weighted by molar-refractivity contribution is -0.0954. The Bertz CT molecular complexity index is 459. The number of carbonyl (C=O) groups excluding carboxylic acids is 1. The summed E-state index contributed by atoms with van der Waals surface area (Å²) in [5.41, 5.74) is 0.304.